The van der Waals surface area contributed by atoms with E-state index in [9.17, 15) is 5.11 Å². The lowest BCUT2D eigenvalue weighted by atomic mass is 9.72. The summed E-state index contributed by atoms with van der Waals surface area (Å²) in [6.07, 6.45) is 4.44. The van der Waals surface area contributed by atoms with E-state index in [0.717, 1.165) is 11.3 Å². The molecule has 0 spiro atoms. The topological polar surface area (TPSA) is 41.8 Å². The molecule has 2 aliphatic rings. The van der Waals surface area contributed by atoms with Gasteiger partial charge in [-0.05, 0) is 31.0 Å². The Kier molecular flexibility index (Phi) is 4.01. The van der Waals surface area contributed by atoms with E-state index in [2.05, 4.69) is 36.9 Å². The molecule has 4 atom stereocenters. The predicted octanol–water partition coefficient (Wildman–Crippen LogP) is 4.07. The molecule has 1 aliphatic heterocycles. The van der Waals surface area contributed by atoms with Crippen molar-refractivity contribution in [2.45, 2.75) is 50.7 Å². The van der Waals surface area contributed by atoms with E-state index < -0.39 is 13.7 Å². The molecule has 3 nitrogen and oxygen atoms in total. The number of nitrogens with zero attached hydrogens (tertiary/aromatic N) is 1. The second-order valence-electron chi connectivity index (χ2n) is 8.40. The average molecular weight is 330 g/mol. The van der Waals surface area contributed by atoms with Crippen molar-refractivity contribution >= 4 is 13.8 Å². The van der Waals surface area contributed by atoms with Gasteiger partial charge in [0, 0.05) is 11.8 Å². The molecule has 0 unspecified atom stereocenters. The van der Waals surface area contributed by atoms with Gasteiger partial charge in [-0.25, -0.2) is 0 Å². The summed E-state index contributed by atoms with van der Waals surface area (Å²) in [5, 5.41) is 15.4. The van der Waals surface area contributed by atoms with E-state index in [-0.39, 0.29) is 17.9 Å². The number of aliphatic hydroxyl groups is 1. The third-order valence-electron chi connectivity index (χ3n) is 5.09. The van der Waals surface area contributed by atoms with Gasteiger partial charge < -0.3 is 9.94 Å². The zero-order valence-electron chi connectivity index (χ0n) is 14.7. The fourth-order valence-corrected chi connectivity index (χ4v) is 6.29. The molecule has 0 fully saturated rings. The number of allylic oxidation sites excluding steroid dienone is 1. The van der Waals surface area contributed by atoms with Crippen molar-refractivity contribution in [3.63, 3.8) is 0 Å². The number of benzene rings is 1. The Labute approximate surface area is 140 Å². The molecule has 1 aliphatic carbocycles. The summed E-state index contributed by atoms with van der Waals surface area (Å²) in [5.74, 6) is 0.227. The Morgan fingerprint density at radius 2 is 1.74 bits per heavy atom. The predicted molar refractivity (Wildman–Crippen MR) is 97.4 cm³/mol. The van der Waals surface area contributed by atoms with Crippen molar-refractivity contribution in [2.24, 2.45) is 17.0 Å². The maximum atomic E-state index is 11.0. The van der Waals surface area contributed by atoms with Gasteiger partial charge in [0.15, 0.2) is 0 Å². The molecule has 0 amide bonds. The van der Waals surface area contributed by atoms with Crippen molar-refractivity contribution in [1.29, 1.82) is 0 Å². The van der Waals surface area contributed by atoms with Crippen molar-refractivity contribution in [2.75, 3.05) is 0 Å². The summed E-state index contributed by atoms with van der Waals surface area (Å²) in [7, 11) is -1.42. The number of oxime groups is 1. The van der Waals surface area contributed by atoms with Crippen molar-refractivity contribution in [1.82, 2.24) is 0 Å². The van der Waals surface area contributed by atoms with Crippen LogP contribution in [0.2, 0.25) is 25.2 Å². The summed E-state index contributed by atoms with van der Waals surface area (Å²) < 4.78 is 0. The minimum Gasteiger partial charge on any atom is -0.390 e. The van der Waals surface area contributed by atoms with Crippen LogP contribution < -0.4 is 0 Å². The standard InChI is InChI=1S/C19H27NO2Si/c1-19(2,21)17-16-14(11-12-15(16)23(3,4)5)22-20-18(17)13-9-7-6-8-10-13/h6-12,14-17,21H,1-5H3/t14-,15-,16-,17-/m0/s1. The maximum Gasteiger partial charge on any atom is 0.149 e. The van der Waals surface area contributed by atoms with E-state index in [0.29, 0.717) is 5.54 Å². The van der Waals surface area contributed by atoms with Crippen LogP contribution in [-0.4, -0.2) is 30.6 Å². The molecule has 0 bridgehead atoms. The van der Waals surface area contributed by atoms with Gasteiger partial charge in [0.1, 0.15) is 6.10 Å². The third kappa shape index (κ3) is 3.02. The zero-order chi connectivity index (χ0) is 16.8. The molecule has 0 radical (unpaired) electrons. The van der Waals surface area contributed by atoms with Crippen LogP contribution in [0.5, 0.6) is 0 Å². The van der Waals surface area contributed by atoms with Gasteiger partial charge in [0.05, 0.1) is 19.4 Å². The second kappa shape index (κ2) is 5.60. The van der Waals surface area contributed by atoms with Crippen molar-refractivity contribution in [3.8, 4) is 0 Å². The highest BCUT2D eigenvalue weighted by Gasteiger charge is 2.52. The summed E-state index contributed by atoms with van der Waals surface area (Å²) in [4.78, 5) is 5.83. The van der Waals surface area contributed by atoms with Crippen LogP contribution >= 0.6 is 0 Å². The first kappa shape index (κ1) is 16.5. The lowest BCUT2D eigenvalue weighted by molar-refractivity contribution is -0.0407. The monoisotopic (exact) mass is 329 g/mol. The molecule has 1 aromatic rings. The van der Waals surface area contributed by atoms with Crippen LogP contribution in [0.25, 0.3) is 0 Å². The van der Waals surface area contributed by atoms with E-state index in [1.165, 1.54) is 0 Å². The van der Waals surface area contributed by atoms with Crippen LogP contribution in [0.1, 0.15) is 19.4 Å². The minimum atomic E-state index is -1.42. The summed E-state index contributed by atoms with van der Waals surface area (Å²) >= 11 is 0. The highest BCUT2D eigenvalue weighted by molar-refractivity contribution is 6.78. The molecule has 3 rings (SSSR count). The quantitative estimate of drug-likeness (QED) is 0.671. The Bertz CT molecular complexity index is 625. The van der Waals surface area contributed by atoms with Crippen LogP contribution in [-0.2, 0) is 4.84 Å². The van der Waals surface area contributed by atoms with Gasteiger partial charge in [0.25, 0.3) is 0 Å². The summed E-state index contributed by atoms with van der Waals surface area (Å²) in [6, 6.07) is 10.1. The van der Waals surface area contributed by atoms with Gasteiger partial charge in [-0.15, -0.1) is 0 Å². The van der Waals surface area contributed by atoms with Gasteiger partial charge in [0.2, 0.25) is 0 Å². The van der Waals surface area contributed by atoms with Crippen molar-refractivity contribution < 1.29 is 9.94 Å². The molecule has 1 heterocycles. The molecule has 4 heteroatoms. The first-order chi connectivity index (χ1) is 10.7. The molecule has 0 saturated carbocycles. The highest BCUT2D eigenvalue weighted by Crippen LogP contribution is 2.49. The van der Waals surface area contributed by atoms with Crippen LogP contribution in [0, 0.1) is 11.8 Å². The zero-order valence-corrected chi connectivity index (χ0v) is 15.7. The van der Waals surface area contributed by atoms with E-state index in [1.54, 1.807) is 0 Å². The fraction of sp³-hybridized carbons (Fsp3) is 0.526. The smallest absolute Gasteiger partial charge is 0.149 e. The molecule has 0 saturated heterocycles. The van der Waals surface area contributed by atoms with Crippen LogP contribution in [0.3, 0.4) is 0 Å². The van der Waals surface area contributed by atoms with Gasteiger partial charge in [-0.1, -0.05) is 61.2 Å². The SMILES string of the molecule is CC(C)(O)[C@@H]1C(c2ccccc2)=NO[C@H]2C=C[C@H]([Si](C)(C)C)[C@H]21. The lowest BCUT2D eigenvalue weighted by Gasteiger charge is -2.44. The van der Waals surface area contributed by atoms with Crippen LogP contribution in [0.4, 0.5) is 0 Å². The van der Waals surface area contributed by atoms with Gasteiger partial charge >= 0.3 is 0 Å². The highest BCUT2D eigenvalue weighted by atomic mass is 28.3. The Balaban J connectivity index is 2.07. The number of rotatable bonds is 3. The number of fused-ring (bicyclic) bond motifs is 1. The molecular formula is C19H27NO2Si. The van der Waals surface area contributed by atoms with Gasteiger partial charge in [-0.3, -0.25) is 0 Å². The van der Waals surface area contributed by atoms with Crippen LogP contribution in [0.15, 0.2) is 47.6 Å². The Morgan fingerprint density at radius 1 is 1.09 bits per heavy atom. The second-order valence-corrected chi connectivity index (χ2v) is 13.8. The lowest BCUT2D eigenvalue weighted by Crippen LogP contribution is -2.51. The molecule has 0 aromatic heterocycles. The first-order valence-electron chi connectivity index (χ1n) is 8.39. The molecular weight excluding hydrogens is 302 g/mol. The largest absolute Gasteiger partial charge is 0.390 e. The normalized spacial score (nSPS) is 30.6. The van der Waals surface area contributed by atoms with E-state index in [1.807, 2.05) is 44.2 Å². The molecule has 1 aromatic carbocycles. The fourth-order valence-electron chi connectivity index (χ4n) is 4.06. The summed E-state index contributed by atoms with van der Waals surface area (Å²) in [5.41, 5.74) is 1.56. The van der Waals surface area contributed by atoms with Crippen molar-refractivity contribution in [3.05, 3.63) is 48.0 Å². The summed E-state index contributed by atoms with van der Waals surface area (Å²) in [6.45, 7) is 11.0. The number of hydrogen-bond donors (Lipinski definition) is 1. The molecule has 1 N–H and O–H groups in total. The average Bonchev–Trinajstić information content (AvgIpc) is 2.89. The number of hydrogen-bond acceptors (Lipinski definition) is 3. The maximum absolute atomic E-state index is 11.0. The Morgan fingerprint density at radius 3 is 2.30 bits per heavy atom. The third-order valence-corrected chi connectivity index (χ3v) is 7.66. The van der Waals surface area contributed by atoms with E-state index in [4.69, 9.17) is 4.84 Å². The Hall–Kier alpha value is -1.39. The molecule has 124 valence electrons. The molecule has 23 heavy (non-hydrogen) atoms. The minimum absolute atomic E-state index is 0.0180. The van der Waals surface area contributed by atoms with Gasteiger partial charge in [-0.2, -0.15) is 0 Å². The van der Waals surface area contributed by atoms with E-state index >= 15 is 0 Å². The first-order valence-corrected chi connectivity index (χ1v) is 12.0.